The molecular formula is C13H15F6N. The van der Waals surface area contributed by atoms with Gasteiger partial charge in [-0.2, -0.15) is 26.3 Å². The van der Waals surface area contributed by atoms with Gasteiger partial charge < -0.3 is 0 Å². The van der Waals surface area contributed by atoms with Crippen LogP contribution in [0.25, 0.3) is 0 Å². The Bertz CT molecular complexity index is 437. The molecule has 0 spiro atoms. The van der Waals surface area contributed by atoms with Gasteiger partial charge in [0, 0.05) is 6.04 Å². The molecule has 1 rings (SSSR count). The lowest BCUT2D eigenvalue weighted by molar-refractivity contribution is -0.160. The number of nitrogens with one attached hydrogen (secondary N) is 1. The predicted octanol–water partition coefficient (Wildman–Crippen LogP) is 4.70. The summed E-state index contributed by atoms with van der Waals surface area (Å²) >= 11 is 0. The van der Waals surface area contributed by atoms with E-state index in [-0.39, 0.29) is 0 Å². The van der Waals surface area contributed by atoms with Gasteiger partial charge in [-0.25, -0.2) is 0 Å². The smallest absolute Gasteiger partial charge is 0.300 e. The Kier molecular flexibility index (Phi) is 5.07. The summed E-state index contributed by atoms with van der Waals surface area (Å²) in [7, 11) is 0. The molecule has 0 saturated heterocycles. The van der Waals surface area contributed by atoms with Crippen LogP contribution >= 0.6 is 0 Å². The Balaban J connectivity index is 3.15. The molecule has 0 aliphatic carbocycles. The van der Waals surface area contributed by atoms with Crippen molar-refractivity contribution >= 4 is 0 Å². The van der Waals surface area contributed by atoms with E-state index in [9.17, 15) is 26.3 Å². The van der Waals surface area contributed by atoms with Crippen LogP contribution in [0.2, 0.25) is 0 Å². The van der Waals surface area contributed by atoms with Crippen molar-refractivity contribution in [1.82, 2.24) is 5.32 Å². The molecule has 20 heavy (non-hydrogen) atoms. The summed E-state index contributed by atoms with van der Waals surface area (Å²) in [5.74, 6) is 0. The molecule has 1 unspecified atom stereocenters. The summed E-state index contributed by atoms with van der Waals surface area (Å²) in [6, 6.07) is 0.738. The number of hydrogen-bond acceptors (Lipinski definition) is 1. The first-order chi connectivity index (χ1) is 9.05. The minimum Gasteiger partial charge on any atom is -0.300 e. The lowest BCUT2D eigenvalue weighted by atomic mass is 10.0. The molecule has 0 amide bonds. The SMILES string of the molecule is CCC(C)N[C@@H](c1cccc(C(F)(F)F)c1)C(F)(F)F. The molecule has 2 atom stereocenters. The molecule has 0 heterocycles. The van der Waals surface area contributed by atoms with Gasteiger partial charge in [0.15, 0.2) is 0 Å². The number of alkyl halides is 6. The molecule has 0 saturated carbocycles. The van der Waals surface area contributed by atoms with Crippen LogP contribution < -0.4 is 5.32 Å². The molecule has 0 aliphatic rings. The van der Waals surface area contributed by atoms with E-state index >= 15 is 0 Å². The van der Waals surface area contributed by atoms with Crippen molar-refractivity contribution in [2.75, 3.05) is 0 Å². The van der Waals surface area contributed by atoms with Gasteiger partial charge in [0.05, 0.1) is 5.56 Å². The standard InChI is InChI=1S/C13H15F6N/c1-3-8(2)20-11(13(17,18)19)9-5-4-6-10(7-9)12(14,15)16/h4-8,11,20H,3H2,1-2H3/t8?,11-/m0/s1. The van der Waals surface area contributed by atoms with Crippen molar-refractivity contribution in [3.8, 4) is 0 Å². The van der Waals surface area contributed by atoms with Crippen molar-refractivity contribution in [2.24, 2.45) is 0 Å². The zero-order chi connectivity index (χ0) is 15.6. The average molecular weight is 299 g/mol. The number of hydrogen-bond donors (Lipinski definition) is 1. The van der Waals surface area contributed by atoms with E-state index in [2.05, 4.69) is 5.32 Å². The van der Waals surface area contributed by atoms with Crippen LogP contribution in [0.4, 0.5) is 26.3 Å². The molecule has 1 N–H and O–H groups in total. The highest BCUT2D eigenvalue weighted by molar-refractivity contribution is 5.29. The van der Waals surface area contributed by atoms with E-state index in [1.54, 1.807) is 13.8 Å². The Morgan fingerprint density at radius 2 is 1.70 bits per heavy atom. The highest BCUT2D eigenvalue weighted by Gasteiger charge is 2.42. The van der Waals surface area contributed by atoms with E-state index in [1.165, 1.54) is 0 Å². The Labute approximate surface area is 113 Å². The Hall–Kier alpha value is -1.24. The van der Waals surface area contributed by atoms with E-state index < -0.39 is 35.6 Å². The topological polar surface area (TPSA) is 12.0 Å². The van der Waals surface area contributed by atoms with Gasteiger partial charge in [0.2, 0.25) is 0 Å². The van der Waals surface area contributed by atoms with Crippen molar-refractivity contribution < 1.29 is 26.3 Å². The highest BCUT2D eigenvalue weighted by Crippen LogP contribution is 2.36. The third kappa shape index (κ3) is 4.40. The first-order valence-corrected chi connectivity index (χ1v) is 6.05. The van der Waals surface area contributed by atoms with Crippen LogP contribution in [0.5, 0.6) is 0 Å². The van der Waals surface area contributed by atoms with Crippen LogP contribution in [-0.4, -0.2) is 12.2 Å². The first-order valence-electron chi connectivity index (χ1n) is 6.05. The predicted molar refractivity (Wildman–Crippen MR) is 63.1 cm³/mol. The van der Waals surface area contributed by atoms with Gasteiger partial charge in [0.25, 0.3) is 0 Å². The first kappa shape index (κ1) is 16.8. The molecular weight excluding hydrogens is 284 g/mol. The molecule has 1 aromatic rings. The van der Waals surface area contributed by atoms with Crippen LogP contribution in [-0.2, 0) is 6.18 Å². The largest absolute Gasteiger partial charge is 0.416 e. The summed E-state index contributed by atoms with van der Waals surface area (Å²) in [4.78, 5) is 0. The maximum Gasteiger partial charge on any atom is 0.416 e. The minimum absolute atomic E-state index is 0.436. The monoisotopic (exact) mass is 299 g/mol. The number of benzene rings is 1. The Morgan fingerprint density at radius 3 is 2.15 bits per heavy atom. The second-order valence-corrected chi connectivity index (χ2v) is 4.57. The lowest BCUT2D eigenvalue weighted by Gasteiger charge is -2.26. The van der Waals surface area contributed by atoms with Crippen LogP contribution in [0.1, 0.15) is 37.4 Å². The van der Waals surface area contributed by atoms with E-state index in [1.807, 2.05) is 0 Å². The quantitative estimate of drug-likeness (QED) is 0.795. The maximum absolute atomic E-state index is 13.0. The van der Waals surface area contributed by atoms with Crippen molar-refractivity contribution in [3.05, 3.63) is 35.4 Å². The van der Waals surface area contributed by atoms with Crippen LogP contribution in [0.15, 0.2) is 24.3 Å². The van der Waals surface area contributed by atoms with Crippen LogP contribution in [0, 0.1) is 0 Å². The van der Waals surface area contributed by atoms with Gasteiger partial charge >= 0.3 is 12.4 Å². The average Bonchev–Trinajstić information content (AvgIpc) is 2.33. The van der Waals surface area contributed by atoms with E-state index in [0.29, 0.717) is 12.5 Å². The van der Waals surface area contributed by atoms with Crippen molar-refractivity contribution in [2.45, 2.75) is 44.7 Å². The third-order valence-corrected chi connectivity index (χ3v) is 2.94. The fourth-order valence-electron chi connectivity index (χ4n) is 1.68. The summed E-state index contributed by atoms with van der Waals surface area (Å²) < 4.78 is 76.6. The molecule has 0 fully saturated rings. The number of halogens is 6. The van der Waals surface area contributed by atoms with Crippen molar-refractivity contribution in [1.29, 1.82) is 0 Å². The zero-order valence-corrected chi connectivity index (χ0v) is 10.9. The van der Waals surface area contributed by atoms with Crippen LogP contribution in [0.3, 0.4) is 0 Å². The summed E-state index contributed by atoms with van der Waals surface area (Å²) in [5.41, 5.74) is -1.53. The second-order valence-electron chi connectivity index (χ2n) is 4.57. The molecule has 1 aromatic carbocycles. The third-order valence-electron chi connectivity index (χ3n) is 2.94. The summed E-state index contributed by atoms with van der Waals surface area (Å²) in [6.45, 7) is 3.24. The second kappa shape index (κ2) is 6.03. The van der Waals surface area contributed by atoms with Gasteiger partial charge in [-0.05, 0) is 31.0 Å². The van der Waals surface area contributed by atoms with Gasteiger partial charge in [-0.15, -0.1) is 0 Å². The summed E-state index contributed by atoms with van der Waals surface area (Å²) in [6.07, 6.45) is -8.89. The van der Waals surface area contributed by atoms with Gasteiger partial charge in [-0.1, -0.05) is 19.1 Å². The molecule has 0 bridgehead atoms. The lowest BCUT2D eigenvalue weighted by Crippen LogP contribution is -2.39. The van der Waals surface area contributed by atoms with E-state index in [0.717, 1.165) is 18.2 Å². The molecule has 1 nitrogen and oxygen atoms in total. The number of rotatable bonds is 4. The van der Waals surface area contributed by atoms with E-state index in [4.69, 9.17) is 0 Å². The zero-order valence-electron chi connectivity index (χ0n) is 10.9. The normalized spacial score (nSPS) is 16.0. The molecule has 114 valence electrons. The molecule has 7 heteroatoms. The molecule has 0 aliphatic heterocycles. The molecule has 0 radical (unpaired) electrons. The van der Waals surface area contributed by atoms with Crippen molar-refractivity contribution in [3.63, 3.8) is 0 Å². The Morgan fingerprint density at radius 1 is 1.10 bits per heavy atom. The maximum atomic E-state index is 13.0. The fourth-order valence-corrected chi connectivity index (χ4v) is 1.68. The van der Waals surface area contributed by atoms with Gasteiger partial charge in [0.1, 0.15) is 6.04 Å². The minimum atomic E-state index is -4.66. The highest BCUT2D eigenvalue weighted by atomic mass is 19.4. The van der Waals surface area contributed by atoms with Gasteiger partial charge in [-0.3, -0.25) is 5.32 Å². The molecule has 0 aromatic heterocycles. The summed E-state index contributed by atoms with van der Waals surface area (Å²) in [5, 5.41) is 2.31. The fraction of sp³-hybridized carbons (Fsp3) is 0.538.